The minimum Gasteiger partial charge on any atom is -0.507 e. The van der Waals surface area contributed by atoms with Crippen LogP contribution in [0.15, 0.2) is 52.7 Å². The van der Waals surface area contributed by atoms with Gasteiger partial charge in [0.05, 0.1) is 11.8 Å². The van der Waals surface area contributed by atoms with Gasteiger partial charge in [-0.25, -0.2) is 0 Å². The summed E-state index contributed by atoms with van der Waals surface area (Å²) < 4.78 is 5.24. The molecule has 1 fully saturated rings. The monoisotopic (exact) mass is 283 g/mol. The van der Waals surface area contributed by atoms with Crippen LogP contribution in [0.3, 0.4) is 0 Å². The van der Waals surface area contributed by atoms with Crippen LogP contribution < -0.4 is 5.32 Å². The molecule has 1 amide bonds. The third kappa shape index (κ3) is 2.23. The van der Waals surface area contributed by atoms with Crippen molar-refractivity contribution in [3.8, 4) is 0 Å². The molecule has 21 heavy (non-hydrogen) atoms. The lowest BCUT2D eigenvalue weighted by Crippen LogP contribution is -2.20. The van der Waals surface area contributed by atoms with Crippen molar-refractivity contribution in [1.29, 1.82) is 0 Å². The van der Waals surface area contributed by atoms with Gasteiger partial charge in [-0.05, 0) is 19.1 Å². The molecule has 1 saturated heterocycles. The van der Waals surface area contributed by atoms with Crippen molar-refractivity contribution in [3.05, 3.63) is 65.1 Å². The Balaban J connectivity index is 2.11. The molecule has 2 aromatic rings. The van der Waals surface area contributed by atoms with E-state index in [9.17, 15) is 14.7 Å². The number of amides is 1. The lowest BCUT2D eigenvalue weighted by atomic mass is 9.99. The standard InChI is InChI=1S/C16H13NO4/c1-9-4-6-10(7-5-9)14(18)12-13(11-3-2-8-21-11)17-16(20)15(12)19/h2-8,13,18H,1H3,(H,17,20)/t13-/m0/s1. The third-order valence-electron chi connectivity index (χ3n) is 3.42. The topological polar surface area (TPSA) is 79.5 Å². The second-order valence-electron chi connectivity index (χ2n) is 4.88. The largest absolute Gasteiger partial charge is 0.507 e. The van der Waals surface area contributed by atoms with Crippen LogP contribution in [0.4, 0.5) is 0 Å². The van der Waals surface area contributed by atoms with Crippen molar-refractivity contribution < 1.29 is 19.1 Å². The highest BCUT2D eigenvalue weighted by Gasteiger charge is 2.40. The normalized spacial score (nSPS) is 20.5. The highest BCUT2D eigenvalue weighted by molar-refractivity contribution is 6.46. The highest BCUT2D eigenvalue weighted by Crippen LogP contribution is 2.32. The number of Topliss-reactive ketones (excluding diaryl/α,β-unsaturated/α-hetero) is 1. The summed E-state index contributed by atoms with van der Waals surface area (Å²) >= 11 is 0. The molecule has 5 nitrogen and oxygen atoms in total. The van der Waals surface area contributed by atoms with Gasteiger partial charge < -0.3 is 14.8 Å². The highest BCUT2D eigenvalue weighted by atomic mass is 16.3. The van der Waals surface area contributed by atoms with Crippen molar-refractivity contribution in [3.63, 3.8) is 0 Å². The molecule has 0 spiro atoms. The fourth-order valence-electron chi connectivity index (χ4n) is 2.30. The van der Waals surface area contributed by atoms with E-state index in [4.69, 9.17) is 4.42 Å². The molecule has 106 valence electrons. The zero-order valence-corrected chi connectivity index (χ0v) is 11.3. The number of carbonyl (C=O) groups excluding carboxylic acids is 2. The maximum atomic E-state index is 12.0. The molecule has 0 bridgehead atoms. The number of benzene rings is 1. The van der Waals surface area contributed by atoms with Gasteiger partial charge in [0.15, 0.2) is 0 Å². The molecule has 1 aliphatic heterocycles. The van der Waals surface area contributed by atoms with Gasteiger partial charge in [-0.1, -0.05) is 29.8 Å². The predicted octanol–water partition coefficient (Wildman–Crippen LogP) is 2.30. The molecule has 1 aromatic carbocycles. The van der Waals surface area contributed by atoms with Crippen LogP contribution in [0, 0.1) is 6.92 Å². The number of nitrogens with one attached hydrogen (secondary N) is 1. The molecule has 3 rings (SSSR count). The van der Waals surface area contributed by atoms with Crippen LogP contribution in [-0.2, 0) is 9.59 Å². The van der Waals surface area contributed by atoms with Crippen LogP contribution in [0.1, 0.15) is 22.9 Å². The Labute approximate surface area is 120 Å². The summed E-state index contributed by atoms with van der Waals surface area (Å²) in [5.74, 6) is -1.29. The molecule has 1 aliphatic rings. The van der Waals surface area contributed by atoms with Crippen LogP contribution in [0.2, 0.25) is 0 Å². The number of aliphatic hydroxyl groups is 1. The lowest BCUT2D eigenvalue weighted by molar-refractivity contribution is -0.133. The van der Waals surface area contributed by atoms with Gasteiger partial charge in [0.25, 0.3) is 11.7 Å². The Kier molecular flexibility index (Phi) is 3.10. The molecule has 0 saturated carbocycles. The number of hydrogen-bond donors (Lipinski definition) is 2. The van der Waals surface area contributed by atoms with E-state index in [2.05, 4.69) is 5.32 Å². The number of furan rings is 1. The molecule has 1 aromatic heterocycles. The second kappa shape index (κ2) is 4.94. The quantitative estimate of drug-likeness (QED) is 0.503. The van der Waals surface area contributed by atoms with E-state index in [-0.39, 0.29) is 11.3 Å². The molecular weight excluding hydrogens is 270 g/mol. The molecule has 1 atom stereocenters. The fourth-order valence-corrected chi connectivity index (χ4v) is 2.30. The van der Waals surface area contributed by atoms with Gasteiger partial charge in [0, 0.05) is 5.56 Å². The molecule has 0 aliphatic carbocycles. The summed E-state index contributed by atoms with van der Waals surface area (Å²) in [4.78, 5) is 23.7. The number of rotatable bonds is 2. The summed E-state index contributed by atoms with van der Waals surface area (Å²) in [6.07, 6.45) is 1.45. The molecule has 2 N–H and O–H groups in total. The van der Waals surface area contributed by atoms with Gasteiger partial charge in [-0.15, -0.1) is 0 Å². The van der Waals surface area contributed by atoms with Crippen molar-refractivity contribution in [2.24, 2.45) is 0 Å². The molecular formula is C16H13NO4. The Morgan fingerprint density at radius 3 is 2.52 bits per heavy atom. The van der Waals surface area contributed by atoms with E-state index in [1.54, 1.807) is 24.3 Å². The van der Waals surface area contributed by atoms with E-state index < -0.39 is 17.7 Å². The third-order valence-corrected chi connectivity index (χ3v) is 3.42. The van der Waals surface area contributed by atoms with Crippen LogP contribution in [0.5, 0.6) is 0 Å². The molecule has 0 radical (unpaired) electrons. The zero-order valence-electron chi connectivity index (χ0n) is 11.3. The summed E-state index contributed by atoms with van der Waals surface area (Å²) in [6.45, 7) is 1.92. The van der Waals surface area contributed by atoms with Crippen LogP contribution >= 0.6 is 0 Å². The number of ketones is 1. The Hall–Kier alpha value is -2.82. The minimum atomic E-state index is -0.763. The molecule has 5 heteroatoms. The summed E-state index contributed by atoms with van der Waals surface area (Å²) in [5.41, 5.74) is 1.53. The van der Waals surface area contributed by atoms with E-state index in [0.29, 0.717) is 11.3 Å². The van der Waals surface area contributed by atoms with E-state index in [1.807, 2.05) is 19.1 Å². The summed E-state index contributed by atoms with van der Waals surface area (Å²) in [6, 6.07) is 9.59. The van der Waals surface area contributed by atoms with Gasteiger partial charge in [0.1, 0.15) is 17.6 Å². The number of carbonyl (C=O) groups is 2. The van der Waals surface area contributed by atoms with Gasteiger partial charge >= 0.3 is 0 Å². The minimum absolute atomic E-state index is 0.0128. The second-order valence-corrected chi connectivity index (χ2v) is 4.88. The Bertz CT molecular complexity index is 726. The Morgan fingerprint density at radius 2 is 1.90 bits per heavy atom. The fraction of sp³-hybridized carbons (Fsp3) is 0.125. The molecule has 2 heterocycles. The molecule has 0 unspecified atom stereocenters. The maximum Gasteiger partial charge on any atom is 0.293 e. The van der Waals surface area contributed by atoms with Crippen molar-refractivity contribution in [2.45, 2.75) is 13.0 Å². The smallest absolute Gasteiger partial charge is 0.293 e. The number of aliphatic hydroxyl groups excluding tert-OH is 1. The average molecular weight is 283 g/mol. The van der Waals surface area contributed by atoms with Gasteiger partial charge in [-0.3, -0.25) is 9.59 Å². The summed E-state index contributed by atoms with van der Waals surface area (Å²) in [5, 5.41) is 12.9. The first-order valence-electron chi connectivity index (χ1n) is 6.46. The van der Waals surface area contributed by atoms with Crippen molar-refractivity contribution >= 4 is 17.4 Å². The van der Waals surface area contributed by atoms with E-state index >= 15 is 0 Å². The Morgan fingerprint density at radius 1 is 1.19 bits per heavy atom. The van der Waals surface area contributed by atoms with Gasteiger partial charge in [0.2, 0.25) is 0 Å². The first kappa shape index (κ1) is 13.2. The first-order chi connectivity index (χ1) is 10.1. The van der Waals surface area contributed by atoms with Crippen LogP contribution in [0.25, 0.3) is 5.76 Å². The lowest BCUT2D eigenvalue weighted by Gasteiger charge is -2.10. The first-order valence-corrected chi connectivity index (χ1v) is 6.46. The van der Waals surface area contributed by atoms with Crippen LogP contribution in [-0.4, -0.2) is 16.8 Å². The zero-order chi connectivity index (χ0) is 15.0. The van der Waals surface area contributed by atoms with Crippen molar-refractivity contribution in [2.75, 3.05) is 0 Å². The number of aryl methyl sites for hydroxylation is 1. The average Bonchev–Trinajstić information content (AvgIpc) is 3.09. The maximum absolute atomic E-state index is 12.0. The van der Waals surface area contributed by atoms with E-state index in [0.717, 1.165) is 5.56 Å². The number of hydrogen-bond acceptors (Lipinski definition) is 4. The predicted molar refractivity (Wildman–Crippen MR) is 75.3 cm³/mol. The van der Waals surface area contributed by atoms with Gasteiger partial charge in [-0.2, -0.15) is 0 Å². The van der Waals surface area contributed by atoms with Crippen molar-refractivity contribution in [1.82, 2.24) is 5.32 Å². The van der Waals surface area contributed by atoms with E-state index in [1.165, 1.54) is 6.26 Å². The summed E-state index contributed by atoms with van der Waals surface area (Å²) in [7, 11) is 0. The SMILES string of the molecule is Cc1ccc(C(O)=C2C(=O)C(=O)N[C@H]2c2ccco2)cc1.